The molecule has 0 unspecified atom stereocenters. The van der Waals surface area contributed by atoms with E-state index in [9.17, 15) is 0 Å². The van der Waals surface area contributed by atoms with Gasteiger partial charge in [0.1, 0.15) is 0 Å². The summed E-state index contributed by atoms with van der Waals surface area (Å²) in [5.74, 6) is 0. The first-order chi connectivity index (χ1) is 4.20. The van der Waals surface area contributed by atoms with Gasteiger partial charge in [-0.3, -0.25) is 4.31 Å². The molecule has 1 rings (SSSR count). The zero-order valence-electron chi connectivity index (χ0n) is 5.07. The second kappa shape index (κ2) is 2.66. The van der Waals surface area contributed by atoms with Crippen molar-refractivity contribution in [2.45, 2.75) is 6.92 Å². The van der Waals surface area contributed by atoms with Crippen LogP contribution in [0.1, 0.15) is 6.92 Å². The number of amidine groups is 1. The molecule has 0 saturated carbocycles. The maximum absolute atomic E-state index is 4.10. The Morgan fingerprint density at radius 2 is 2.44 bits per heavy atom. The molecule has 50 valence electrons. The smallest absolute Gasteiger partial charge is 0.170 e. The highest BCUT2D eigenvalue weighted by molar-refractivity contribution is 7.98. The van der Waals surface area contributed by atoms with E-state index >= 15 is 0 Å². The molecule has 0 aromatic rings. The van der Waals surface area contributed by atoms with Crippen LogP contribution in [0, 0.1) is 0 Å². The summed E-state index contributed by atoms with van der Waals surface area (Å²) in [6.45, 7) is 2.82. The van der Waals surface area contributed by atoms with E-state index in [4.69, 9.17) is 0 Å². The second-order valence-corrected chi connectivity index (χ2v) is 2.85. The molecule has 0 spiro atoms. The molecule has 4 heteroatoms. The summed E-state index contributed by atoms with van der Waals surface area (Å²) in [5, 5.41) is 0.656. The van der Waals surface area contributed by atoms with Crippen molar-refractivity contribution < 1.29 is 0 Å². The van der Waals surface area contributed by atoms with Gasteiger partial charge in [-0.15, -0.1) is 12.6 Å². The van der Waals surface area contributed by atoms with E-state index in [0.29, 0.717) is 5.17 Å². The van der Waals surface area contributed by atoms with E-state index in [0.717, 1.165) is 6.54 Å². The first-order valence-corrected chi connectivity index (χ1v) is 3.43. The fraction of sp³-hybridized carbons (Fsp3) is 0.400. The summed E-state index contributed by atoms with van der Waals surface area (Å²) in [5.41, 5.74) is 1.20. The number of hydrogen-bond donors (Lipinski definition) is 2. The quantitative estimate of drug-likeness (QED) is 0.511. The third-order valence-corrected chi connectivity index (χ3v) is 1.88. The highest BCUT2D eigenvalue weighted by Gasteiger charge is 2.06. The van der Waals surface area contributed by atoms with Crippen LogP contribution in [0.25, 0.3) is 0 Å². The van der Waals surface area contributed by atoms with E-state index < -0.39 is 0 Å². The molecular formula is C5H8N2S2. The van der Waals surface area contributed by atoms with Crippen LogP contribution in [-0.4, -0.2) is 16.0 Å². The third kappa shape index (κ3) is 1.66. The fourth-order valence-electron chi connectivity index (χ4n) is 0.582. The van der Waals surface area contributed by atoms with Crippen LogP contribution in [0.15, 0.2) is 16.8 Å². The van der Waals surface area contributed by atoms with Crippen LogP contribution in [0.3, 0.4) is 0 Å². The summed E-state index contributed by atoms with van der Waals surface area (Å²) in [4.78, 5) is 3.96. The Morgan fingerprint density at radius 3 is 2.89 bits per heavy atom. The van der Waals surface area contributed by atoms with Gasteiger partial charge in [-0.25, -0.2) is 4.99 Å². The molecule has 0 saturated heterocycles. The van der Waals surface area contributed by atoms with Crippen LogP contribution in [0.2, 0.25) is 0 Å². The first kappa shape index (κ1) is 7.02. The van der Waals surface area contributed by atoms with Gasteiger partial charge >= 0.3 is 0 Å². The molecule has 0 aromatic heterocycles. The van der Waals surface area contributed by atoms with Gasteiger partial charge < -0.3 is 0 Å². The van der Waals surface area contributed by atoms with Gasteiger partial charge in [0, 0.05) is 6.20 Å². The van der Waals surface area contributed by atoms with Crippen molar-refractivity contribution in [2.75, 3.05) is 6.54 Å². The lowest BCUT2D eigenvalue weighted by molar-refractivity contribution is 0.739. The lowest BCUT2D eigenvalue weighted by Gasteiger charge is -2.18. The molecular weight excluding hydrogens is 152 g/mol. The van der Waals surface area contributed by atoms with Crippen molar-refractivity contribution in [1.82, 2.24) is 4.31 Å². The van der Waals surface area contributed by atoms with Crippen LogP contribution >= 0.6 is 25.4 Å². The van der Waals surface area contributed by atoms with Crippen LogP contribution < -0.4 is 0 Å². The standard InChI is InChI=1S/C5H8N2S2/c1-4-2-6-5(8)7(9)3-4/h2,9H,3H2,1H3,(H,6,8). The van der Waals surface area contributed by atoms with E-state index in [2.05, 4.69) is 30.4 Å². The Hall–Kier alpha value is -0.0900. The summed E-state index contributed by atoms with van der Waals surface area (Å²) < 4.78 is 1.69. The van der Waals surface area contributed by atoms with E-state index in [1.54, 1.807) is 10.5 Å². The molecule has 0 fully saturated rings. The monoisotopic (exact) mass is 160 g/mol. The SMILES string of the molecule is CC1=CN=C(S)N(S)C1. The Balaban J connectivity index is 2.74. The largest absolute Gasteiger partial charge is 0.294 e. The van der Waals surface area contributed by atoms with Crippen molar-refractivity contribution >= 4 is 30.6 Å². The Kier molecular flexibility index (Phi) is 2.08. The van der Waals surface area contributed by atoms with Gasteiger partial charge in [-0.2, -0.15) is 0 Å². The van der Waals surface area contributed by atoms with Gasteiger partial charge in [0.2, 0.25) is 0 Å². The Labute approximate surface area is 65.6 Å². The second-order valence-electron chi connectivity index (χ2n) is 1.96. The molecule has 9 heavy (non-hydrogen) atoms. The Morgan fingerprint density at radius 1 is 1.78 bits per heavy atom. The molecule has 0 radical (unpaired) electrons. The number of rotatable bonds is 0. The van der Waals surface area contributed by atoms with Crippen molar-refractivity contribution in [2.24, 2.45) is 4.99 Å². The third-order valence-electron chi connectivity index (χ3n) is 1.03. The van der Waals surface area contributed by atoms with Crippen molar-refractivity contribution in [1.29, 1.82) is 0 Å². The molecule has 1 aliphatic rings. The summed E-state index contributed by atoms with van der Waals surface area (Å²) in [6.07, 6.45) is 1.80. The molecule has 0 aromatic carbocycles. The number of thiol groups is 2. The average Bonchev–Trinajstić information content (AvgIpc) is 1.80. The Bertz CT molecular complexity index is 174. The zero-order valence-corrected chi connectivity index (χ0v) is 6.86. The molecule has 0 amide bonds. The average molecular weight is 160 g/mol. The topological polar surface area (TPSA) is 15.6 Å². The number of aliphatic imine (C=N–C) groups is 1. The van der Waals surface area contributed by atoms with E-state index in [1.807, 2.05) is 6.92 Å². The van der Waals surface area contributed by atoms with Gasteiger partial charge in [-0.1, -0.05) is 12.8 Å². The van der Waals surface area contributed by atoms with Gasteiger partial charge in [0.25, 0.3) is 0 Å². The predicted molar refractivity (Wildman–Crippen MR) is 45.9 cm³/mol. The molecule has 2 nitrogen and oxygen atoms in total. The number of nitrogens with zero attached hydrogens (tertiary/aromatic N) is 2. The highest BCUT2D eigenvalue weighted by Crippen LogP contribution is 2.10. The van der Waals surface area contributed by atoms with Crippen molar-refractivity contribution in [3.05, 3.63) is 11.8 Å². The van der Waals surface area contributed by atoms with Crippen LogP contribution in [0.5, 0.6) is 0 Å². The molecule has 0 aliphatic carbocycles. The van der Waals surface area contributed by atoms with Crippen LogP contribution in [-0.2, 0) is 0 Å². The minimum atomic E-state index is 0.656. The molecule has 1 aliphatic heterocycles. The summed E-state index contributed by atoms with van der Waals surface area (Å²) in [6, 6.07) is 0. The maximum atomic E-state index is 4.10. The zero-order chi connectivity index (χ0) is 6.85. The minimum absolute atomic E-state index is 0.656. The van der Waals surface area contributed by atoms with Crippen molar-refractivity contribution in [3.63, 3.8) is 0 Å². The van der Waals surface area contributed by atoms with Gasteiger partial charge in [-0.05, 0) is 12.5 Å². The highest BCUT2D eigenvalue weighted by atomic mass is 32.1. The number of hydrogen-bond acceptors (Lipinski definition) is 3. The fourth-order valence-corrected chi connectivity index (χ4v) is 0.986. The van der Waals surface area contributed by atoms with Gasteiger partial charge in [0.15, 0.2) is 5.17 Å². The minimum Gasteiger partial charge on any atom is -0.294 e. The molecule has 0 bridgehead atoms. The van der Waals surface area contributed by atoms with Crippen molar-refractivity contribution in [3.8, 4) is 0 Å². The van der Waals surface area contributed by atoms with E-state index in [1.165, 1.54) is 5.57 Å². The summed E-state index contributed by atoms with van der Waals surface area (Å²) >= 11 is 8.15. The molecule has 1 heterocycles. The normalized spacial score (nSPS) is 19.2. The van der Waals surface area contributed by atoms with E-state index in [-0.39, 0.29) is 0 Å². The lowest BCUT2D eigenvalue weighted by Crippen LogP contribution is -2.21. The molecule has 0 N–H and O–H groups in total. The van der Waals surface area contributed by atoms with Gasteiger partial charge in [0.05, 0.1) is 6.54 Å². The molecule has 0 atom stereocenters. The van der Waals surface area contributed by atoms with Crippen LogP contribution in [0.4, 0.5) is 0 Å². The predicted octanol–water partition coefficient (Wildman–Crippen LogP) is 1.34. The first-order valence-electron chi connectivity index (χ1n) is 2.59. The summed E-state index contributed by atoms with van der Waals surface area (Å²) in [7, 11) is 0. The maximum Gasteiger partial charge on any atom is 0.170 e. The lowest BCUT2D eigenvalue weighted by atomic mass is 10.3.